The largest absolute Gasteiger partial charge is 0.381 e. The smallest absolute Gasteiger partial charge is 0.315 e. The summed E-state index contributed by atoms with van der Waals surface area (Å²) >= 11 is 0. The van der Waals surface area contributed by atoms with Crippen molar-refractivity contribution in [2.24, 2.45) is 5.92 Å². The SMILES string of the molecule is CC1COCCC1NC(=O)N[C@@H]1C[C@H]1c1ccccc1F. The van der Waals surface area contributed by atoms with Crippen LogP contribution in [0.1, 0.15) is 31.2 Å². The summed E-state index contributed by atoms with van der Waals surface area (Å²) in [5, 5.41) is 5.94. The van der Waals surface area contributed by atoms with Crippen LogP contribution in [-0.2, 0) is 4.74 Å². The second-order valence-corrected chi connectivity index (χ2v) is 6.04. The quantitative estimate of drug-likeness (QED) is 0.899. The Morgan fingerprint density at radius 1 is 1.29 bits per heavy atom. The molecule has 2 fully saturated rings. The van der Waals surface area contributed by atoms with Crippen molar-refractivity contribution in [2.75, 3.05) is 13.2 Å². The summed E-state index contributed by atoms with van der Waals surface area (Å²) in [5.41, 5.74) is 0.697. The van der Waals surface area contributed by atoms with Crippen LogP contribution in [0, 0.1) is 11.7 Å². The summed E-state index contributed by atoms with van der Waals surface area (Å²) in [4.78, 5) is 12.0. The van der Waals surface area contributed by atoms with E-state index in [1.807, 2.05) is 6.07 Å². The lowest BCUT2D eigenvalue weighted by molar-refractivity contribution is 0.0419. The lowest BCUT2D eigenvalue weighted by Crippen LogP contribution is -2.49. The Kier molecular flexibility index (Phi) is 4.10. The number of benzene rings is 1. The summed E-state index contributed by atoms with van der Waals surface area (Å²) in [6.07, 6.45) is 1.65. The lowest BCUT2D eigenvalue weighted by atomic mass is 9.98. The van der Waals surface area contributed by atoms with Crippen LogP contribution in [0.2, 0.25) is 0 Å². The van der Waals surface area contributed by atoms with E-state index in [1.165, 1.54) is 6.07 Å². The molecule has 1 aromatic rings. The van der Waals surface area contributed by atoms with Crippen molar-refractivity contribution in [2.45, 2.75) is 37.8 Å². The van der Waals surface area contributed by atoms with Crippen molar-refractivity contribution in [1.82, 2.24) is 10.6 Å². The van der Waals surface area contributed by atoms with Crippen molar-refractivity contribution in [3.8, 4) is 0 Å². The van der Waals surface area contributed by atoms with E-state index in [1.54, 1.807) is 12.1 Å². The maximum Gasteiger partial charge on any atom is 0.315 e. The van der Waals surface area contributed by atoms with E-state index in [-0.39, 0.29) is 29.8 Å². The van der Waals surface area contributed by atoms with Gasteiger partial charge in [-0.2, -0.15) is 0 Å². The number of nitrogens with one attached hydrogen (secondary N) is 2. The molecule has 4 nitrogen and oxygen atoms in total. The topological polar surface area (TPSA) is 50.4 Å². The molecule has 4 atom stereocenters. The maximum atomic E-state index is 13.7. The Labute approximate surface area is 124 Å². The Hall–Kier alpha value is -1.62. The molecule has 0 bridgehead atoms. The Bertz CT molecular complexity index is 523. The minimum Gasteiger partial charge on any atom is -0.381 e. The third-order valence-electron chi connectivity index (χ3n) is 4.37. The van der Waals surface area contributed by atoms with Crippen molar-refractivity contribution in [3.05, 3.63) is 35.6 Å². The fourth-order valence-electron chi connectivity index (χ4n) is 2.95. The first-order chi connectivity index (χ1) is 10.1. The molecule has 2 unspecified atom stereocenters. The molecule has 0 spiro atoms. The summed E-state index contributed by atoms with van der Waals surface area (Å²) in [6.45, 7) is 3.45. The van der Waals surface area contributed by atoms with E-state index in [0.717, 1.165) is 12.8 Å². The molecule has 1 saturated heterocycles. The summed E-state index contributed by atoms with van der Waals surface area (Å²) < 4.78 is 19.0. The van der Waals surface area contributed by atoms with E-state index in [2.05, 4.69) is 17.6 Å². The zero-order valence-corrected chi connectivity index (χ0v) is 12.1. The summed E-state index contributed by atoms with van der Waals surface area (Å²) in [6, 6.07) is 6.81. The highest BCUT2D eigenvalue weighted by Crippen LogP contribution is 2.41. The molecule has 1 aliphatic heterocycles. The van der Waals surface area contributed by atoms with Gasteiger partial charge in [0, 0.05) is 24.6 Å². The van der Waals surface area contributed by atoms with E-state index < -0.39 is 0 Å². The van der Waals surface area contributed by atoms with Gasteiger partial charge in [0.2, 0.25) is 0 Å². The first kappa shape index (κ1) is 14.3. The molecule has 1 aliphatic carbocycles. The van der Waals surface area contributed by atoms with E-state index in [4.69, 9.17) is 4.74 Å². The lowest BCUT2D eigenvalue weighted by Gasteiger charge is -2.29. The maximum absolute atomic E-state index is 13.7. The van der Waals surface area contributed by atoms with Crippen molar-refractivity contribution in [3.63, 3.8) is 0 Å². The second-order valence-electron chi connectivity index (χ2n) is 6.04. The van der Waals surface area contributed by atoms with Crippen LogP contribution in [0.25, 0.3) is 0 Å². The fraction of sp³-hybridized carbons (Fsp3) is 0.562. The molecule has 2 N–H and O–H groups in total. The molecular formula is C16H21FN2O2. The number of halogens is 1. The predicted molar refractivity (Wildman–Crippen MR) is 77.6 cm³/mol. The average molecular weight is 292 g/mol. The van der Waals surface area contributed by atoms with Crippen LogP contribution in [0.3, 0.4) is 0 Å². The minimum atomic E-state index is -0.190. The first-order valence-corrected chi connectivity index (χ1v) is 7.54. The third-order valence-corrected chi connectivity index (χ3v) is 4.37. The van der Waals surface area contributed by atoms with Gasteiger partial charge in [-0.1, -0.05) is 25.1 Å². The van der Waals surface area contributed by atoms with E-state index in [0.29, 0.717) is 24.7 Å². The molecule has 21 heavy (non-hydrogen) atoms. The molecule has 0 radical (unpaired) electrons. The van der Waals surface area contributed by atoms with Gasteiger partial charge in [0.15, 0.2) is 0 Å². The van der Waals surface area contributed by atoms with Crippen LogP contribution in [-0.4, -0.2) is 31.3 Å². The van der Waals surface area contributed by atoms with Crippen LogP contribution in [0.15, 0.2) is 24.3 Å². The van der Waals surface area contributed by atoms with Gasteiger partial charge in [0.05, 0.1) is 6.61 Å². The number of amides is 2. The molecule has 2 amide bonds. The molecule has 2 aliphatic rings. The normalized spacial score (nSPS) is 31.5. The highest BCUT2D eigenvalue weighted by atomic mass is 19.1. The van der Waals surface area contributed by atoms with Gasteiger partial charge in [0.1, 0.15) is 5.82 Å². The van der Waals surface area contributed by atoms with Crippen molar-refractivity contribution >= 4 is 6.03 Å². The summed E-state index contributed by atoms with van der Waals surface area (Å²) in [5.74, 6) is 0.236. The number of rotatable bonds is 3. The van der Waals surface area contributed by atoms with Crippen LogP contribution >= 0.6 is 0 Å². The zero-order valence-electron chi connectivity index (χ0n) is 12.1. The number of urea groups is 1. The van der Waals surface area contributed by atoms with Gasteiger partial charge in [-0.05, 0) is 30.4 Å². The molecular weight excluding hydrogens is 271 g/mol. The van der Waals surface area contributed by atoms with Gasteiger partial charge in [-0.15, -0.1) is 0 Å². The monoisotopic (exact) mass is 292 g/mol. The van der Waals surface area contributed by atoms with Crippen LogP contribution in [0.4, 0.5) is 9.18 Å². The second kappa shape index (κ2) is 6.02. The van der Waals surface area contributed by atoms with Gasteiger partial charge in [-0.25, -0.2) is 9.18 Å². The first-order valence-electron chi connectivity index (χ1n) is 7.54. The number of hydrogen-bond donors (Lipinski definition) is 2. The standard InChI is InChI=1S/C16H21FN2O2/c1-10-9-21-7-6-14(10)18-16(20)19-15-8-12(15)11-4-2-3-5-13(11)17/h2-5,10,12,14-15H,6-9H2,1H3,(H2,18,19,20)/t10?,12-,14?,15+/m0/s1. The van der Waals surface area contributed by atoms with E-state index in [9.17, 15) is 9.18 Å². The van der Waals surface area contributed by atoms with Gasteiger partial charge in [0.25, 0.3) is 0 Å². The Morgan fingerprint density at radius 3 is 2.81 bits per heavy atom. The molecule has 1 heterocycles. The van der Waals surface area contributed by atoms with Crippen molar-refractivity contribution < 1.29 is 13.9 Å². The molecule has 114 valence electrons. The zero-order chi connectivity index (χ0) is 14.8. The number of carbonyl (C=O) groups is 1. The number of ether oxygens (including phenoxy) is 1. The minimum absolute atomic E-state index is 0.0389. The van der Waals surface area contributed by atoms with Gasteiger partial charge >= 0.3 is 6.03 Å². The number of carbonyl (C=O) groups excluding carboxylic acids is 1. The van der Waals surface area contributed by atoms with Crippen LogP contribution in [0.5, 0.6) is 0 Å². The molecule has 1 saturated carbocycles. The number of hydrogen-bond acceptors (Lipinski definition) is 2. The van der Waals surface area contributed by atoms with Crippen molar-refractivity contribution in [1.29, 1.82) is 0 Å². The summed E-state index contributed by atoms with van der Waals surface area (Å²) in [7, 11) is 0. The highest BCUT2D eigenvalue weighted by molar-refractivity contribution is 5.75. The third kappa shape index (κ3) is 3.35. The van der Waals surface area contributed by atoms with Crippen LogP contribution < -0.4 is 10.6 Å². The molecule has 0 aromatic heterocycles. The molecule has 3 rings (SSSR count). The predicted octanol–water partition coefficient (Wildman–Crippen LogP) is 2.41. The average Bonchev–Trinajstić information content (AvgIpc) is 3.21. The van der Waals surface area contributed by atoms with Gasteiger partial charge in [-0.3, -0.25) is 0 Å². The Balaban J connectivity index is 1.50. The fourth-order valence-corrected chi connectivity index (χ4v) is 2.95. The molecule has 5 heteroatoms. The van der Waals surface area contributed by atoms with Gasteiger partial charge < -0.3 is 15.4 Å². The highest BCUT2D eigenvalue weighted by Gasteiger charge is 2.41. The Morgan fingerprint density at radius 2 is 2.05 bits per heavy atom. The molecule has 1 aromatic carbocycles. The van der Waals surface area contributed by atoms with E-state index >= 15 is 0 Å².